The van der Waals surface area contributed by atoms with Crippen LogP contribution in [0.1, 0.15) is 41.7 Å². The molecule has 0 saturated carbocycles. The predicted octanol–water partition coefficient (Wildman–Crippen LogP) is 3.72. The number of cyclic esters (lactones) is 1. The Kier molecular flexibility index (Phi) is 13.7. The third-order valence-electron chi connectivity index (χ3n) is 6.93. The Morgan fingerprint density at radius 2 is 1.54 bits per heavy atom. The molecule has 15 nitrogen and oxygen atoms in total. The summed E-state index contributed by atoms with van der Waals surface area (Å²) in [4.78, 5) is 63.0. The van der Waals surface area contributed by atoms with E-state index in [4.69, 9.17) is 30.0 Å². The fourth-order valence-corrected chi connectivity index (χ4v) is 4.34. The van der Waals surface area contributed by atoms with Crippen LogP contribution >= 0.6 is 11.6 Å². The smallest absolute Gasteiger partial charge is 0.417 e. The lowest BCUT2D eigenvalue weighted by Gasteiger charge is -2.35. The molecule has 1 aliphatic heterocycles. The van der Waals surface area contributed by atoms with Crippen LogP contribution < -0.4 is 4.74 Å². The number of phenols is 2. The van der Waals surface area contributed by atoms with Crippen molar-refractivity contribution in [1.82, 2.24) is 0 Å². The van der Waals surface area contributed by atoms with Crippen LogP contribution in [0.2, 0.25) is 0 Å². The van der Waals surface area contributed by atoms with Crippen LogP contribution in [0.5, 0.6) is 17.2 Å². The number of benzene rings is 1. The molecule has 0 bridgehead atoms. The molecule has 4 unspecified atom stereocenters. The molecule has 1 aromatic heterocycles. The zero-order valence-corrected chi connectivity index (χ0v) is 25.2. The van der Waals surface area contributed by atoms with Crippen LogP contribution in [0.3, 0.4) is 0 Å². The Morgan fingerprint density at radius 3 is 1.96 bits per heavy atom. The quantitative estimate of drug-likeness (QED) is 0.0635. The second-order valence-corrected chi connectivity index (χ2v) is 9.99. The van der Waals surface area contributed by atoms with Gasteiger partial charge in [-0.25, -0.2) is 14.4 Å². The van der Waals surface area contributed by atoms with Crippen molar-refractivity contribution in [2.75, 3.05) is 13.7 Å². The molecule has 252 valence electrons. The highest BCUT2D eigenvalue weighted by molar-refractivity contribution is 6.38. The zero-order chi connectivity index (χ0) is 35.7. The summed E-state index contributed by atoms with van der Waals surface area (Å²) in [6, 6.07) is 5.17. The second-order valence-electron chi connectivity index (χ2n) is 9.51. The number of allylic oxidation sites excluding steroid dienone is 1. The van der Waals surface area contributed by atoms with Gasteiger partial charge in [-0.3, -0.25) is 14.4 Å². The number of hydrogen-bond acceptors (Lipinski definition) is 11. The standard InChI is InChI=1S/C12H16O4.C8H8O5.C6H4O4.C2HClF2O2/c1-5-6(2)8-4-16-12(15)10(8)9(7(5)3)11(13)14;1-13-5-3-2-4(8(11)12)6(9)7(5)10;7-5(6(8)9)4-2-1-3-10-4;3-2(4,5)1(6)7/h7-10H,4H2,1-3H3,(H,13,14);2-3,9-10H,1H3,(H,11,12);1-3H,(H,8,9);(H,6,7). The summed E-state index contributed by atoms with van der Waals surface area (Å²) < 4.78 is 36.2. The maximum absolute atomic E-state index is 11.6. The number of rotatable bonds is 6. The van der Waals surface area contributed by atoms with Crippen molar-refractivity contribution in [2.24, 2.45) is 23.7 Å². The average Bonchev–Trinajstić information content (AvgIpc) is 3.64. The fraction of sp³-hybridized carbons (Fsp3) is 0.357. The van der Waals surface area contributed by atoms with Gasteiger partial charge in [-0.1, -0.05) is 18.1 Å². The highest BCUT2D eigenvalue weighted by Crippen LogP contribution is 2.46. The molecule has 1 fully saturated rings. The van der Waals surface area contributed by atoms with E-state index < -0.39 is 58.4 Å². The highest BCUT2D eigenvalue weighted by atomic mass is 35.5. The first-order valence-corrected chi connectivity index (χ1v) is 13.1. The minimum absolute atomic E-state index is 0.0301. The third kappa shape index (κ3) is 9.65. The summed E-state index contributed by atoms with van der Waals surface area (Å²) in [5.74, 6) is -10.0. The van der Waals surface area contributed by atoms with Gasteiger partial charge in [0.2, 0.25) is 5.75 Å². The summed E-state index contributed by atoms with van der Waals surface area (Å²) in [6.07, 6.45) is 1.25. The summed E-state index contributed by atoms with van der Waals surface area (Å²) in [7, 11) is 1.30. The number of carbonyl (C=O) groups excluding carboxylic acids is 2. The SMILES string of the molecule is CC1=C(C)C2COC(=O)C2C(C(=O)O)C1C.COc1ccc(C(=O)O)c(O)c1O.O=C(O)C(=O)c1ccco1.O=C(O)C(F)(F)Cl. The molecule has 1 aliphatic carbocycles. The molecule has 4 atom stereocenters. The zero-order valence-electron chi connectivity index (χ0n) is 24.4. The first-order chi connectivity index (χ1) is 21.2. The number of Topliss-reactive ketones (excluding diaryl/α,β-unsaturated/α-hetero) is 1. The lowest BCUT2D eigenvalue weighted by molar-refractivity contribution is -0.154. The Hall–Kier alpha value is -5.19. The average molecular weight is 679 g/mol. The van der Waals surface area contributed by atoms with Gasteiger partial charge in [-0.05, 0) is 55.6 Å². The molecule has 6 N–H and O–H groups in total. The number of aromatic hydroxyl groups is 2. The van der Waals surface area contributed by atoms with Gasteiger partial charge in [-0.2, -0.15) is 8.78 Å². The maximum Gasteiger partial charge on any atom is 0.417 e. The Labute approximate surface area is 263 Å². The predicted molar refractivity (Wildman–Crippen MR) is 149 cm³/mol. The number of phenolic OH excluding ortho intramolecular Hbond substituents is 1. The molecule has 0 amide bonds. The maximum atomic E-state index is 11.6. The van der Waals surface area contributed by atoms with E-state index in [0.29, 0.717) is 6.61 Å². The number of methoxy groups -OCH3 is 1. The van der Waals surface area contributed by atoms with Crippen LogP contribution in [-0.2, 0) is 23.9 Å². The molecule has 0 radical (unpaired) electrons. The third-order valence-corrected chi connectivity index (χ3v) is 7.09. The van der Waals surface area contributed by atoms with Gasteiger partial charge in [-0.15, -0.1) is 0 Å². The van der Waals surface area contributed by atoms with Crippen LogP contribution in [0.25, 0.3) is 0 Å². The van der Waals surface area contributed by atoms with E-state index in [-0.39, 0.29) is 34.9 Å². The van der Waals surface area contributed by atoms with Crippen LogP contribution in [0.4, 0.5) is 8.78 Å². The number of hydrogen-bond donors (Lipinski definition) is 6. The van der Waals surface area contributed by atoms with Gasteiger partial charge in [0.25, 0.3) is 0 Å². The molecule has 1 aromatic carbocycles. The Bertz CT molecular complexity index is 1490. The normalized spacial score (nSPS) is 19.8. The topological polar surface area (TPSA) is 255 Å². The molecule has 46 heavy (non-hydrogen) atoms. The molecule has 0 spiro atoms. The summed E-state index contributed by atoms with van der Waals surface area (Å²) in [5, 5.41) is 47.5. The van der Waals surface area contributed by atoms with E-state index in [1.807, 2.05) is 20.8 Å². The number of esters is 1. The molecule has 2 aliphatic rings. The van der Waals surface area contributed by atoms with Crippen LogP contribution in [0.15, 0.2) is 46.1 Å². The van der Waals surface area contributed by atoms with E-state index in [2.05, 4.69) is 20.8 Å². The largest absolute Gasteiger partial charge is 0.504 e. The first kappa shape index (κ1) is 38.8. The molecule has 2 aromatic rings. The minimum atomic E-state index is -4.11. The van der Waals surface area contributed by atoms with E-state index in [1.165, 1.54) is 31.6 Å². The van der Waals surface area contributed by atoms with E-state index in [9.17, 15) is 43.0 Å². The van der Waals surface area contributed by atoms with Gasteiger partial charge in [0, 0.05) is 5.92 Å². The number of halogens is 3. The number of carboxylic acids is 4. The van der Waals surface area contributed by atoms with E-state index >= 15 is 0 Å². The van der Waals surface area contributed by atoms with Crippen molar-refractivity contribution in [3.63, 3.8) is 0 Å². The molecular weight excluding hydrogens is 650 g/mol. The van der Waals surface area contributed by atoms with Crippen molar-refractivity contribution in [1.29, 1.82) is 0 Å². The lowest BCUT2D eigenvalue weighted by atomic mass is 9.66. The van der Waals surface area contributed by atoms with Gasteiger partial charge in [0.15, 0.2) is 17.3 Å². The van der Waals surface area contributed by atoms with Crippen molar-refractivity contribution in [3.8, 4) is 17.2 Å². The number of ketones is 1. The molecule has 18 heteroatoms. The van der Waals surface area contributed by atoms with Crippen molar-refractivity contribution in [3.05, 3.63) is 53.0 Å². The second kappa shape index (κ2) is 16.2. The van der Waals surface area contributed by atoms with Crippen LogP contribution in [0, 0.1) is 23.7 Å². The summed E-state index contributed by atoms with van der Waals surface area (Å²) in [5.41, 5.74) is 1.85. The molecule has 2 heterocycles. The fourth-order valence-electron chi connectivity index (χ4n) is 4.34. The van der Waals surface area contributed by atoms with Crippen molar-refractivity contribution >= 4 is 47.2 Å². The number of fused-ring (bicyclic) bond motifs is 1. The van der Waals surface area contributed by atoms with Crippen molar-refractivity contribution < 1.29 is 82.1 Å². The molecule has 4 rings (SSSR count). The van der Waals surface area contributed by atoms with Crippen molar-refractivity contribution in [2.45, 2.75) is 26.2 Å². The lowest BCUT2D eigenvalue weighted by Crippen LogP contribution is -2.40. The molecular formula is C28H29ClF2O15. The number of carboxylic acid groups (broad SMARTS) is 4. The van der Waals surface area contributed by atoms with E-state index in [1.54, 1.807) is 0 Å². The number of furan rings is 1. The Balaban J connectivity index is 0.000000320. The number of carbonyl (C=O) groups is 6. The first-order valence-electron chi connectivity index (χ1n) is 12.7. The van der Waals surface area contributed by atoms with Crippen LogP contribution in [-0.4, -0.2) is 85.4 Å². The van der Waals surface area contributed by atoms with Gasteiger partial charge in [0.1, 0.15) is 5.56 Å². The summed E-state index contributed by atoms with van der Waals surface area (Å²) >= 11 is 3.94. The monoisotopic (exact) mass is 678 g/mol. The highest BCUT2D eigenvalue weighted by Gasteiger charge is 2.51. The summed E-state index contributed by atoms with van der Waals surface area (Å²) in [6.45, 7) is 6.14. The van der Waals surface area contributed by atoms with Gasteiger partial charge in [0.05, 0.1) is 31.8 Å². The Morgan fingerprint density at radius 1 is 0.978 bits per heavy atom. The van der Waals surface area contributed by atoms with Gasteiger partial charge < -0.3 is 44.5 Å². The number of ether oxygens (including phenoxy) is 2. The van der Waals surface area contributed by atoms with Gasteiger partial charge >= 0.3 is 41.0 Å². The number of alkyl halides is 3. The van der Waals surface area contributed by atoms with E-state index in [0.717, 1.165) is 17.2 Å². The number of aliphatic carboxylic acids is 3. The molecule has 1 saturated heterocycles. The minimum Gasteiger partial charge on any atom is -0.504 e. The number of aromatic carboxylic acids is 1.